The van der Waals surface area contributed by atoms with E-state index in [4.69, 9.17) is 11.6 Å². The van der Waals surface area contributed by atoms with Gasteiger partial charge in [-0.15, -0.1) is 0 Å². The number of rotatable bonds is 2. The lowest BCUT2D eigenvalue weighted by molar-refractivity contribution is -0.137. The fourth-order valence-electron chi connectivity index (χ4n) is 3.38. The highest BCUT2D eigenvalue weighted by atomic mass is 35.5. The van der Waals surface area contributed by atoms with Crippen LogP contribution in [0.4, 0.5) is 23.4 Å². The molecule has 1 N–H and O–H groups in total. The number of nitrogens with one attached hydrogen (secondary N) is 1. The fourth-order valence-corrected chi connectivity index (χ4v) is 3.64. The minimum Gasteiger partial charge on any atom is -0.370 e. The molecule has 0 unspecified atom stereocenters. The number of anilines is 1. The summed E-state index contributed by atoms with van der Waals surface area (Å²) < 4.78 is 53.7. The third-order valence-corrected chi connectivity index (χ3v) is 5.07. The van der Waals surface area contributed by atoms with Crippen molar-refractivity contribution >= 4 is 17.4 Å². The Morgan fingerprint density at radius 2 is 1.79 bits per heavy atom. The Bertz CT molecular complexity index is 1010. The number of hydrogen-bond donors (Lipinski definition) is 1. The van der Waals surface area contributed by atoms with E-state index in [0.717, 1.165) is 49.3 Å². The van der Waals surface area contributed by atoms with Crippen LogP contribution >= 0.6 is 11.6 Å². The van der Waals surface area contributed by atoms with Gasteiger partial charge in [0.15, 0.2) is 0 Å². The van der Waals surface area contributed by atoms with E-state index in [0.29, 0.717) is 16.9 Å². The van der Waals surface area contributed by atoms with Crippen LogP contribution in [0.1, 0.15) is 24.0 Å². The van der Waals surface area contributed by atoms with Crippen molar-refractivity contribution in [1.29, 1.82) is 0 Å². The number of fused-ring (bicyclic) bond motifs is 1. The van der Waals surface area contributed by atoms with Crippen molar-refractivity contribution in [2.24, 2.45) is 0 Å². The van der Waals surface area contributed by atoms with E-state index < -0.39 is 17.6 Å². The maximum absolute atomic E-state index is 13.5. The number of hydrogen-bond acceptors (Lipinski definition) is 2. The Kier molecular flexibility index (Phi) is 4.79. The predicted octanol–water partition coefficient (Wildman–Crippen LogP) is 6.10. The van der Waals surface area contributed by atoms with Gasteiger partial charge >= 0.3 is 6.18 Å². The zero-order valence-corrected chi connectivity index (χ0v) is 15.4. The molecule has 0 saturated carbocycles. The summed E-state index contributed by atoms with van der Waals surface area (Å²) in [5.41, 5.74) is 1.90. The largest absolute Gasteiger partial charge is 0.416 e. The first kappa shape index (κ1) is 18.8. The Labute approximate surface area is 163 Å². The number of benzene rings is 2. The van der Waals surface area contributed by atoms with Crippen molar-refractivity contribution in [2.75, 3.05) is 11.9 Å². The van der Waals surface area contributed by atoms with Gasteiger partial charge in [0.1, 0.15) is 11.6 Å². The van der Waals surface area contributed by atoms with Gasteiger partial charge in [-0.25, -0.2) is 9.07 Å². The van der Waals surface area contributed by atoms with Crippen LogP contribution in [-0.2, 0) is 12.6 Å². The molecule has 2 heterocycles. The highest BCUT2D eigenvalue weighted by molar-refractivity contribution is 6.33. The number of aromatic nitrogens is 2. The normalized spacial score (nSPS) is 14.3. The smallest absolute Gasteiger partial charge is 0.370 e. The molecule has 4 rings (SSSR count). The van der Waals surface area contributed by atoms with Gasteiger partial charge in [0.25, 0.3) is 0 Å². The molecule has 1 aliphatic rings. The van der Waals surface area contributed by atoms with Crippen LogP contribution < -0.4 is 5.32 Å². The Morgan fingerprint density at radius 1 is 1.04 bits per heavy atom. The quantitative estimate of drug-likeness (QED) is 0.518. The molecule has 0 radical (unpaired) electrons. The molecule has 0 saturated heterocycles. The van der Waals surface area contributed by atoms with Crippen LogP contribution in [0.15, 0.2) is 42.5 Å². The average Bonchev–Trinajstić information content (AvgIpc) is 2.83. The molecule has 0 bridgehead atoms. The third kappa shape index (κ3) is 3.46. The molecule has 2 aromatic carbocycles. The SMILES string of the molecule is Fc1ccc(-c2nn(-c3ccc(C(F)(F)F)cc3)c3c2CCCCN3)c(Cl)c1. The van der Waals surface area contributed by atoms with E-state index in [1.165, 1.54) is 24.3 Å². The van der Waals surface area contributed by atoms with Gasteiger partial charge in [-0.05, 0) is 61.7 Å². The lowest BCUT2D eigenvalue weighted by atomic mass is 10.0. The first-order chi connectivity index (χ1) is 13.3. The molecule has 3 aromatic rings. The van der Waals surface area contributed by atoms with Crippen molar-refractivity contribution in [1.82, 2.24) is 9.78 Å². The molecule has 0 fully saturated rings. The van der Waals surface area contributed by atoms with Crippen molar-refractivity contribution in [3.63, 3.8) is 0 Å². The Balaban J connectivity index is 1.85. The zero-order valence-electron chi connectivity index (χ0n) is 14.7. The van der Waals surface area contributed by atoms with Crippen LogP contribution in [0.5, 0.6) is 0 Å². The average molecular weight is 410 g/mol. The second-order valence-corrected chi connectivity index (χ2v) is 7.05. The summed E-state index contributed by atoms with van der Waals surface area (Å²) in [4.78, 5) is 0. The van der Waals surface area contributed by atoms with Crippen LogP contribution in [-0.4, -0.2) is 16.3 Å². The summed E-state index contributed by atoms with van der Waals surface area (Å²) >= 11 is 6.24. The summed E-state index contributed by atoms with van der Waals surface area (Å²) in [5.74, 6) is 0.285. The van der Waals surface area contributed by atoms with Gasteiger partial charge in [-0.1, -0.05) is 11.6 Å². The van der Waals surface area contributed by atoms with Crippen molar-refractivity contribution in [3.05, 3.63) is 64.4 Å². The zero-order chi connectivity index (χ0) is 19.9. The monoisotopic (exact) mass is 409 g/mol. The van der Waals surface area contributed by atoms with Gasteiger partial charge in [0.05, 0.1) is 22.0 Å². The lowest BCUT2D eigenvalue weighted by Gasteiger charge is -2.11. The topological polar surface area (TPSA) is 29.9 Å². The van der Waals surface area contributed by atoms with E-state index >= 15 is 0 Å². The third-order valence-electron chi connectivity index (χ3n) is 4.75. The molecule has 146 valence electrons. The van der Waals surface area contributed by atoms with Gasteiger partial charge in [0.2, 0.25) is 0 Å². The first-order valence-corrected chi connectivity index (χ1v) is 9.21. The molecular weight excluding hydrogens is 394 g/mol. The standard InChI is InChI=1S/C20H16ClF4N3/c21-17-11-13(22)6-9-15(17)18-16-3-1-2-10-26-19(16)28(27-18)14-7-4-12(5-8-14)20(23,24)25/h4-9,11,26H,1-3,10H2. The summed E-state index contributed by atoms with van der Waals surface area (Å²) in [5, 5.41) is 8.18. The van der Waals surface area contributed by atoms with Crippen molar-refractivity contribution < 1.29 is 17.6 Å². The molecule has 3 nitrogen and oxygen atoms in total. The number of halogens is 5. The molecule has 0 spiro atoms. The molecular formula is C20H16ClF4N3. The first-order valence-electron chi connectivity index (χ1n) is 8.83. The van der Waals surface area contributed by atoms with Crippen molar-refractivity contribution in [3.8, 4) is 16.9 Å². The maximum atomic E-state index is 13.5. The molecule has 1 aliphatic heterocycles. The van der Waals surface area contributed by atoms with Gasteiger partial charge < -0.3 is 5.32 Å². The van der Waals surface area contributed by atoms with E-state index in [9.17, 15) is 17.6 Å². The minimum atomic E-state index is -4.40. The van der Waals surface area contributed by atoms with E-state index in [1.807, 2.05) is 0 Å². The predicted molar refractivity (Wildman–Crippen MR) is 100 cm³/mol. The second kappa shape index (κ2) is 7.13. The number of nitrogens with zero attached hydrogens (tertiary/aromatic N) is 2. The molecule has 0 amide bonds. The summed E-state index contributed by atoms with van der Waals surface area (Å²) in [6.07, 6.45) is -1.76. The van der Waals surface area contributed by atoms with E-state index in [2.05, 4.69) is 10.4 Å². The molecule has 0 aliphatic carbocycles. The summed E-state index contributed by atoms with van der Waals surface area (Å²) in [7, 11) is 0. The lowest BCUT2D eigenvalue weighted by Crippen LogP contribution is -2.08. The molecule has 28 heavy (non-hydrogen) atoms. The van der Waals surface area contributed by atoms with Crippen LogP contribution in [0.3, 0.4) is 0 Å². The fraction of sp³-hybridized carbons (Fsp3) is 0.250. The second-order valence-electron chi connectivity index (χ2n) is 6.64. The highest BCUT2D eigenvalue weighted by Crippen LogP contribution is 2.37. The molecule has 1 aromatic heterocycles. The minimum absolute atomic E-state index is 0.240. The molecule has 8 heteroatoms. The van der Waals surface area contributed by atoms with Crippen molar-refractivity contribution in [2.45, 2.75) is 25.4 Å². The van der Waals surface area contributed by atoms with Gasteiger partial charge in [0, 0.05) is 17.7 Å². The summed E-state index contributed by atoms with van der Waals surface area (Å²) in [6, 6.07) is 8.95. The van der Waals surface area contributed by atoms with Gasteiger partial charge in [-0.2, -0.15) is 18.3 Å². The van der Waals surface area contributed by atoms with Gasteiger partial charge in [-0.3, -0.25) is 0 Å². The highest BCUT2D eigenvalue weighted by Gasteiger charge is 2.30. The van der Waals surface area contributed by atoms with Crippen LogP contribution in [0.2, 0.25) is 5.02 Å². The Morgan fingerprint density at radius 3 is 2.46 bits per heavy atom. The Hall–Kier alpha value is -2.54. The maximum Gasteiger partial charge on any atom is 0.416 e. The van der Waals surface area contributed by atoms with Crippen LogP contribution in [0.25, 0.3) is 16.9 Å². The van der Waals surface area contributed by atoms with E-state index in [1.54, 1.807) is 10.7 Å². The summed E-state index contributed by atoms with van der Waals surface area (Å²) in [6.45, 7) is 0.732. The van der Waals surface area contributed by atoms with Crippen LogP contribution in [0, 0.1) is 5.82 Å². The molecule has 0 atom stereocenters. The number of alkyl halides is 3. The van der Waals surface area contributed by atoms with E-state index in [-0.39, 0.29) is 5.02 Å².